The Morgan fingerprint density at radius 2 is 2.14 bits per heavy atom. The highest BCUT2D eigenvalue weighted by Gasteiger charge is 2.29. The summed E-state index contributed by atoms with van der Waals surface area (Å²) in [6.45, 7) is 0.501. The van der Waals surface area contributed by atoms with E-state index in [1.54, 1.807) is 7.11 Å². The molecule has 0 spiro atoms. The lowest BCUT2D eigenvalue weighted by atomic mass is 9.96. The van der Waals surface area contributed by atoms with Crippen LogP contribution in [0, 0.1) is 0 Å². The Labute approximate surface area is 83.1 Å². The molecule has 1 aliphatic rings. The molecule has 2 unspecified atom stereocenters. The molecule has 0 saturated carbocycles. The summed E-state index contributed by atoms with van der Waals surface area (Å²) in [5.41, 5.74) is 1.14. The number of benzene rings is 1. The Bertz CT molecular complexity index is 299. The molecule has 0 aromatic heterocycles. The zero-order chi connectivity index (χ0) is 9.97. The molecule has 0 radical (unpaired) electrons. The molecule has 0 amide bonds. The number of hydrogen-bond donors (Lipinski definition) is 1. The number of hydrogen-bond acceptors (Lipinski definition) is 2. The van der Waals surface area contributed by atoms with Gasteiger partial charge in [0.05, 0.1) is 7.11 Å². The molecule has 2 nitrogen and oxygen atoms in total. The van der Waals surface area contributed by atoms with E-state index >= 15 is 0 Å². The van der Waals surface area contributed by atoms with Gasteiger partial charge in [0.1, 0.15) is 11.9 Å². The van der Waals surface area contributed by atoms with E-state index in [0.29, 0.717) is 6.54 Å². The van der Waals surface area contributed by atoms with Crippen LogP contribution in [0.5, 0.6) is 5.75 Å². The Balaban J connectivity index is 1.96. The van der Waals surface area contributed by atoms with Gasteiger partial charge in [-0.05, 0) is 24.1 Å². The van der Waals surface area contributed by atoms with E-state index in [0.717, 1.165) is 17.7 Å². The number of alkyl halides is 1. The number of rotatable bonds is 3. The third-order valence-corrected chi connectivity index (χ3v) is 2.63. The molecule has 1 N–H and O–H groups in total. The topological polar surface area (TPSA) is 21.3 Å². The Kier molecular flexibility index (Phi) is 2.68. The molecule has 76 valence electrons. The largest absolute Gasteiger partial charge is 0.497 e. The predicted octanol–water partition coefficient (Wildman–Crippen LogP) is 1.55. The average Bonchev–Trinajstić information content (AvgIpc) is 2.24. The highest BCUT2D eigenvalue weighted by Crippen LogP contribution is 2.17. The van der Waals surface area contributed by atoms with Gasteiger partial charge in [-0.25, -0.2) is 4.39 Å². The summed E-state index contributed by atoms with van der Waals surface area (Å²) in [6, 6.07) is 7.77. The molecule has 1 fully saturated rings. The minimum Gasteiger partial charge on any atom is -0.497 e. The van der Waals surface area contributed by atoms with Crippen molar-refractivity contribution in [3.8, 4) is 5.75 Å². The number of ether oxygens (including phenoxy) is 1. The summed E-state index contributed by atoms with van der Waals surface area (Å²) in [5, 5.41) is 3.07. The highest BCUT2D eigenvalue weighted by molar-refractivity contribution is 5.28. The molecule has 1 saturated heterocycles. The standard InChI is InChI=1S/C11H14FNO/c1-14-9-4-2-8(3-5-9)6-11-10(12)7-13-11/h2-5,10-11,13H,6-7H2,1H3. The van der Waals surface area contributed by atoms with Gasteiger partial charge >= 0.3 is 0 Å². The van der Waals surface area contributed by atoms with Crippen LogP contribution in [-0.2, 0) is 6.42 Å². The molecule has 2 atom stereocenters. The smallest absolute Gasteiger partial charge is 0.128 e. The molecule has 1 aromatic carbocycles. The Hall–Kier alpha value is -1.09. The normalized spacial score (nSPS) is 25.6. The third kappa shape index (κ3) is 1.87. The first-order valence-electron chi connectivity index (χ1n) is 4.80. The lowest BCUT2D eigenvalue weighted by molar-refractivity contribution is 0.158. The average molecular weight is 195 g/mol. The summed E-state index contributed by atoms with van der Waals surface area (Å²) in [7, 11) is 1.64. The van der Waals surface area contributed by atoms with Crippen LogP contribution in [0.3, 0.4) is 0 Å². The summed E-state index contributed by atoms with van der Waals surface area (Å²) in [5.74, 6) is 0.840. The van der Waals surface area contributed by atoms with Crippen molar-refractivity contribution in [2.24, 2.45) is 0 Å². The van der Waals surface area contributed by atoms with E-state index in [9.17, 15) is 4.39 Å². The zero-order valence-electron chi connectivity index (χ0n) is 8.16. The van der Waals surface area contributed by atoms with Gasteiger partial charge in [0, 0.05) is 12.6 Å². The third-order valence-electron chi connectivity index (χ3n) is 2.63. The molecule has 3 heteroatoms. The zero-order valence-corrected chi connectivity index (χ0v) is 8.16. The lowest BCUT2D eigenvalue weighted by Gasteiger charge is -2.32. The number of methoxy groups -OCH3 is 1. The summed E-state index contributed by atoms with van der Waals surface area (Å²) in [4.78, 5) is 0. The van der Waals surface area contributed by atoms with Gasteiger partial charge in [-0.15, -0.1) is 0 Å². The number of nitrogens with one attached hydrogen (secondary N) is 1. The van der Waals surface area contributed by atoms with E-state index < -0.39 is 6.17 Å². The van der Waals surface area contributed by atoms with Crippen LogP contribution < -0.4 is 10.1 Å². The van der Waals surface area contributed by atoms with Crippen LogP contribution in [0.25, 0.3) is 0 Å². The SMILES string of the molecule is COc1ccc(CC2NCC2F)cc1. The van der Waals surface area contributed by atoms with Gasteiger partial charge in [-0.1, -0.05) is 12.1 Å². The molecule has 2 rings (SSSR count). The van der Waals surface area contributed by atoms with Crippen LogP contribution in [0.1, 0.15) is 5.56 Å². The Morgan fingerprint density at radius 1 is 1.43 bits per heavy atom. The first-order chi connectivity index (χ1) is 6.79. The molecular weight excluding hydrogens is 181 g/mol. The van der Waals surface area contributed by atoms with E-state index in [-0.39, 0.29) is 6.04 Å². The fourth-order valence-electron chi connectivity index (χ4n) is 1.59. The van der Waals surface area contributed by atoms with Crippen molar-refractivity contribution in [2.75, 3.05) is 13.7 Å². The molecule has 0 aliphatic carbocycles. The summed E-state index contributed by atoms with van der Waals surface area (Å²) >= 11 is 0. The van der Waals surface area contributed by atoms with Crippen LogP contribution >= 0.6 is 0 Å². The van der Waals surface area contributed by atoms with Gasteiger partial charge < -0.3 is 10.1 Å². The molecule has 1 heterocycles. The summed E-state index contributed by atoms with van der Waals surface area (Å²) < 4.78 is 18.0. The fraction of sp³-hybridized carbons (Fsp3) is 0.455. The van der Waals surface area contributed by atoms with E-state index in [2.05, 4.69) is 5.32 Å². The molecule has 0 bridgehead atoms. The van der Waals surface area contributed by atoms with E-state index in [1.165, 1.54) is 0 Å². The molecule has 1 aromatic rings. The molecule has 1 aliphatic heterocycles. The van der Waals surface area contributed by atoms with Gasteiger partial charge in [-0.2, -0.15) is 0 Å². The second-order valence-electron chi connectivity index (χ2n) is 3.58. The van der Waals surface area contributed by atoms with E-state index in [4.69, 9.17) is 4.74 Å². The maximum absolute atomic E-state index is 12.9. The van der Waals surface area contributed by atoms with Gasteiger partial charge in [0.15, 0.2) is 0 Å². The van der Waals surface area contributed by atoms with Crippen molar-refractivity contribution in [1.82, 2.24) is 5.32 Å². The first kappa shape index (κ1) is 9.46. The first-order valence-corrected chi connectivity index (χ1v) is 4.80. The van der Waals surface area contributed by atoms with Crippen molar-refractivity contribution in [1.29, 1.82) is 0 Å². The number of halogens is 1. The lowest BCUT2D eigenvalue weighted by Crippen LogP contribution is -2.55. The molecule has 14 heavy (non-hydrogen) atoms. The van der Waals surface area contributed by atoms with Crippen molar-refractivity contribution in [2.45, 2.75) is 18.6 Å². The Morgan fingerprint density at radius 3 is 2.57 bits per heavy atom. The molecular formula is C11H14FNO. The van der Waals surface area contributed by atoms with Crippen LogP contribution in [0.4, 0.5) is 4.39 Å². The van der Waals surface area contributed by atoms with Gasteiger partial charge in [-0.3, -0.25) is 0 Å². The second kappa shape index (κ2) is 3.96. The van der Waals surface area contributed by atoms with Crippen molar-refractivity contribution >= 4 is 0 Å². The fourth-order valence-corrected chi connectivity index (χ4v) is 1.59. The maximum Gasteiger partial charge on any atom is 0.128 e. The van der Waals surface area contributed by atoms with Crippen molar-refractivity contribution in [3.63, 3.8) is 0 Å². The van der Waals surface area contributed by atoms with E-state index in [1.807, 2.05) is 24.3 Å². The predicted molar refractivity (Wildman–Crippen MR) is 53.4 cm³/mol. The minimum atomic E-state index is -0.683. The van der Waals surface area contributed by atoms with Gasteiger partial charge in [0.2, 0.25) is 0 Å². The van der Waals surface area contributed by atoms with Crippen molar-refractivity contribution < 1.29 is 9.13 Å². The second-order valence-corrected chi connectivity index (χ2v) is 3.58. The van der Waals surface area contributed by atoms with Crippen LogP contribution in [-0.4, -0.2) is 25.9 Å². The van der Waals surface area contributed by atoms with Gasteiger partial charge in [0.25, 0.3) is 0 Å². The van der Waals surface area contributed by atoms with Crippen molar-refractivity contribution in [3.05, 3.63) is 29.8 Å². The highest BCUT2D eigenvalue weighted by atomic mass is 19.1. The van der Waals surface area contributed by atoms with Crippen LogP contribution in [0.2, 0.25) is 0 Å². The quantitative estimate of drug-likeness (QED) is 0.790. The maximum atomic E-state index is 12.9. The monoisotopic (exact) mass is 195 g/mol. The summed E-state index contributed by atoms with van der Waals surface area (Å²) in [6.07, 6.45) is 0.0719. The minimum absolute atomic E-state index is 0.00314. The van der Waals surface area contributed by atoms with Crippen LogP contribution in [0.15, 0.2) is 24.3 Å².